The maximum Gasteiger partial charge on any atom is 0.0340 e. The Balaban J connectivity index is 2.42. The van der Waals surface area contributed by atoms with E-state index in [9.17, 15) is 0 Å². The third-order valence-electron chi connectivity index (χ3n) is 2.41. The second-order valence-electron chi connectivity index (χ2n) is 4.72. The van der Waals surface area contributed by atoms with Gasteiger partial charge in [-0.25, -0.2) is 0 Å². The van der Waals surface area contributed by atoms with Crippen LogP contribution < -0.4 is 11.1 Å². The molecule has 2 heteroatoms. The SMILES string of the molecule is CC(C)(C)[C@H](N)CNc1ccccc1. The summed E-state index contributed by atoms with van der Waals surface area (Å²) >= 11 is 0. The highest BCUT2D eigenvalue weighted by atomic mass is 14.9. The van der Waals surface area contributed by atoms with Crippen molar-refractivity contribution < 1.29 is 0 Å². The first-order chi connectivity index (χ1) is 6.50. The predicted octanol–water partition coefficient (Wildman–Crippen LogP) is 2.47. The number of hydrogen-bond donors (Lipinski definition) is 2. The Morgan fingerprint density at radius 2 is 1.79 bits per heavy atom. The van der Waals surface area contributed by atoms with E-state index in [2.05, 4.69) is 38.2 Å². The minimum Gasteiger partial charge on any atom is -0.383 e. The fraction of sp³-hybridized carbons (Fsp3) is 0.500. The number of nitrogens with two attached hydrogens (primary N) is 1. The number of anilines is 1. The van der Waals surface area contributed by atoms with Gasteiger partial charge in [0.1, 0.15) is 0 Å². The average molecular weight is 192 g/mol. The van der Waals surface area contributed by atoms with Crippen molar-refractivity contribution in [3.8, 4) is 0 Å². The van der Waals surface area contributed by atoms with Crippen LogP contribution in [0.15, 0.2) is 30.3 Å². The summed E-state index contributed by atoms with van der Waals surface area (Å²) in [6, 6.07) is 10.3. The molecule has 2 nitrogen and oxygen atoms in total. The quantitative estimate of drug-likeness (QED) is 0.772. The van der Waals surface area contributed by atoms with Crippen LogP contribution in [0.3, 0.4) is 0 Å². The molecule has 0 amide bonds. The molecule has 0 saturated carbocycles. The molecule has 0 aliphatic heterocycles. The highest BCUT2D eigenvalue weighted by Gasteiger charge is 2.19. The standard InChI is InChI=1S/C12H20N2/c1-12(2,3)11(13)9-14-10-7-5-4-6-8-10/h4-8,11,14H,9,13H2,1-3H3/t11-/m1/s1. The average Bonchev–Trinajstić information content (AvgIpc) is 2.14. The van der Waals surface area contributed by atoms with Crippen LogP contribution in [0, 0.1) is 5.41 Å². The number of nitrogens with one attached hydrogen (secondary N) is 1. The molecule has 0 saturated heterocycles. The predicted molar refractivity (Wildman–Crippen MR) is 62.4 cm³/mol. The fourth-order valence-electron chi connectivity index (χ4n) is 1.09. The minimum absolute atomic E-state index is 0.155. The first-order valence-corrected chi connectivity index (χ1v) is 5.04. The zero-order valence-electron chi connectivity index (χ0n) is 9.25. The van der Waals surface area contributed by atoms with Gasteiger partial charge in [0, 0.05) is 18.3 Å². The van der Waals surface area contributed by atoms with Gasteiger partial charge < -0.3 is 11.1 Å². The summed E-state index contributed by atoms with van der Waals surface area (Å²) in [5.74, 6) is 0. The summed E-state index contributed by atoms with van der Waals surface area (Å²) < 4.78 is 0. The molecule has 0 aromatic heterocycles. The highest BCUT2D eigenvalue weighted by molar-refractivity contribution is 5.42. The van der Waals surface area contributed by atoms with Gasteiger partial charge >= 0.3 is 0 Å². The van der Waals surface area contributed by atoms with E-state index in [1.165, 1.54) is 0 Å². The maximum absolute atomic E-state index is 6.04. The van der Waals surface area contributed by atoms with Crippen molar-refractivity contribution in [2.75, 3.05) is 11.9 Å². The molecule has 1 aromatic carbocycles. The molecule has 0 bridgehead atoms. The second-order valence-corrected chi connectivity index (χ2v) is 4.72. The van der Waals surface area contributed by atoms with E-state index >= 15 is 0 Å². The first kappa shape index (κ1) is 11.1. The lowest BCUT2D eigenvalue weighted by atomic mass is 9.87. The number of para-hydroxylation sites is 1. The minimum atomic E-state index is 0.155. The summed E-state index contributed by atoms with van der Waals surface area (Å²) in [6.45, 7) is 7.28. The van der Waals surface area contributed by atoms with Crippen molar-refractivity contribution >= 4 is 5.69 Å². The van der Waals surface area contributed by atoms with Crippen molar-refractivity contribution in [2.24, 2.45) is 11.1 Å². The lowest BCUT2D eigenvalue weighted by Gasteiger charge is -2.27. The largest absolute Gasteiger partial charge is 0.383 e. The van der Waals surface area contributed by atoms with E-state index in [1.807, 2.05) is 18.2 Å². The fourth-order valence-corrected chi connectivity index (χ4v) is 1.09. The Labute approximate surface area is 86.5 Å². The van der Waals surface area contributed by atoms with Crippen LogP contribution in [0.25, 0.3) is 0 Å². The van der Waals surface area contributed by atoms with Gasteiger partial charge in [-0.2, -0.15) is 0 Å². The zero-order valence-corrected chi connectivity index (χ0v) is 9.25. The summed E-state index contributed by atoms with van der Waals surface area (Å²) in [4.78, 5) is 0. The van der Waals surface area contributed by atoms with E-state index in [0.717, 1.165) is 12.2 Å². The van der Waals surface area contributed by atoms with E-state index in [1.54, 1.807) is 0 Å². The molecule has 0 radical (unpaired) electrons. The molecule has 0 aliphatic carbocycles. The molecule has 0 aliphatic rings. The molecule has 1 atom stereocenters. The normalized spacial score (nSPS) is 13.7. The van der Waals surface area contributed by atoms with Gasteiger partial charge in [0.2, 0.25) is 0 Å². The Bertz CT molecular complexity index is 261. The number of hydrogen-bond acceptors (Lipinski definition) is 2. The second kappa shape index (κ2) is 4.47. The molecular formula is C12H20N2. The first-order valence-electron chi connectivity index (χ1n) is 5.04. The van der Waals surface area contributed by atoms with Gasteiger partial charge in [0.15, 0.2) is 0 Å². The molecular weight excluding hydrogens is 172 g/mol. The Hall–Kier alpha value is -1.02. The molecule has 1 rings (SSSR count). The van der Waals surface area contributed by atoms with Crippen LogP contribution in [-0.2, 0) is 0 Å². The highest BCUT2D eigenvalue weighted by Crippen LogP contribution is 2.17. The van der Waals surface area contributed by atoms with Crippen LogP contribution in [0.1, 0.15) is 20.8 Å². The summed E-state index contributed by atoms with van der Waals surface area (Å²) in [5.41, 5.74) is 7.32. The van der Waals surface area contributed by atoms with Crippen molar-refractivity contribution in [1.82, 2.24) is 0 Å². The van der Waals surface area contributed by atoms with Crippen molar-refractivity contribution in [3.05, 3.63) is 30.3 Å². The van der Waals surface area contributed by atoms with E-state index in [0.29, 0.717) is 0 Å². The maximum atomic E-state index is 6.04. The molecule has 0 unspecified atom stereocenters. The van der Waals surface area contributed by atoms with Gasteiger partial charge in [-0.3, -0.25) is 0 Å². The molecule has 0 spiro atoms. The smallest absolute Gasteiger partial charge is 0.0340 e. The molecule has 3 N–H and O–H groups in total. The van der Waals surface area contributed by atoms with Gasteiger partial charge in [-0.1, -0.05) is 39.0 Å². The van der Waals surface area contributed by atoms with Crippen LogP contribution in [0.4, 0.5) is 5.69 Å². The molecule has 0 fully saturated rings. The van der Waals surface area contributed by atoms with E-state index in [-0.39, 0.29) is 11.5 Å². The van der Waals surface area contributed by atoms with Gasteiger partial charge in [0.25, 0.3) is 0 Å². The van der Waals surface area contributed by atoms with Crippen LogP contribution in [0.5, 0.6) is 0 Å². The molecule has 0 heterocycles. The summed E-state index contributed by atoms with van der Waals surface area (Å²) in [7, 11) is 0. The van der Waals surface area contributed by atoms with Crippen molar-refractivity contribution in [1.29, 1.82) is 0 Å². The monoisotopic (exact) mass is 192 g/mol. The van der Waals surface area contributed by atoms with Crippen LogP contribution in [0.2, 0.25) is 0 Å². The lowest BCUT2D eigenvalue weighted by molar-refractivity contribution is 0.331. The topological polar surface area (TPSA) is 38.0 Å². The van der Waals surface area contributed by atoms with Gasteiger partial charge in [0.05, 0.1) is 0 Å². The summed E-state index contributed by atoms with van der Waals surface area (Å²) in [5, 5.41) is 3.33. The molecule has 14 heavy (non-hydrogen) atoms. The molecule has 1 aromatic rings. The number of rotatable bonds is 3. The van der Waals surface area contributed by atoms with Crippen LogP contribution in [-0.4, -0.2) is 12.6 Å². The van der Waals surface area contributed by atoms with E-state index < -0.39 is 0 Å². The Morgan fingerprint density at radius 1 is 1.21 bits per heavy atom. The van der Waals surface area contributed by atoms with Crippen molar-refractivity contribution in [3.63, 3.8) is 0 Å². The van der Waals surface area contributed by atoms with Gasteiger partial charge in [-0.15, -0.1) is 0 Å². The van der Waals surface area contributed by atoms with Crippen molar-refractivity contribution in [2.45, 2.75) is 26.8 Å². The van der Waals surface area contributed by atoms with Crippen LogP contribution >= 0.6 is 0 Å². The lowest BCUT2D eigenvalue weighted by Crippen LogP contribution is -2.40. The zero-order chi connectivity index (χ0) is 10.6. The Morgan fingerprint density at radius 3 is 2.29 bits per heavy atom. The third kappa shape index (κ3) is 3.38. The van der Waals surface area contributed by atoms with E-state index in [4.69, 9.17) is 5.73 Å². The molecule has 78 valence electrons. The third-order valence-corrected chi connectivity index (χ3v) is 2.41. The number of benzene rings is 1. The Kier molecular flexibility index (Phi) is 3.53. The van der Waals surface area contributed by atoms with Gasteiger partial charge in [-0.05, 0) is 17.5 Å². The summed E-state index contributed by atoms with van der Waals surface area (Å²) in [6.07, 6.45) is 0.